The van der Waals surface area contributed by atoms with E-state index in [9.17, 15) is 4.79 Å². The number of hydrogen-bond donors (Lipinski definition) is 1. The van der Waals surface area contributed by atoms with Crippen molar-refractivity contribution in [1.82, 2.24) is 20.1 Å². The summed E-state index contributed by atoms with van der Waals surface area (Å²) in [6, 6.07) is 9.41. The molecule has 0 fully saturated rings. The zero-order chi connectivity index (χ0) is 15.9. The van der Waals surface area contributed by atoms with Crippen molar-refractivity contribution >= 4 is 17.7 Å². The summed E-state index contributed by atoms with van der Waals surface area (Å²) in [5, 5.41) is 11.9. The first-order chi connectivity index (χ1) is 10.7. The van der Waals surface area contributed by atoms with E-state index < -0.39 is 6.10 Å². The summed E-state index contributed by atoms with van der Waals surface area (Å²) in [5.74, 6) is 0.549. The number of rotatable bonds is 7. The van der Waals surface area contributed by atoms with Crippen LogP contribution in [0, 0.1) is 0 Å². The van der Waals surface area contributed by atoms with Crippen molar-refractivity contribution in [2.24, 2.45) is 0 Å². The van der Waals surface area contributed by atoms with E-state index in [1.54, 1.807) is 0 Å². The minimum Gasteiger partial charge on any atom is -0.367 e. The average Bonchev–Trinajstić information content (AvgIpc) is 2.96. The fourth-order valence-electron chi connectivity index (χ4n) is 2.20. The Labute approximate surface area is 134 Å². The number of ether oxygens (including phenoxy) is 1. The zero-order valence-corrected chi connectivity index (χ0v) is 13.8. The van der Waals surface area contributed by atoms with Gasteiger partial charge >= 0.3 is 0 Å². The SMILES string of the molecule is CCn1c(CNC(=O)[C@H](OC)c2ccccc2)nnc1SC. The fourth-order valence-corrected chi connectivity index (χ4v) is 2.78. The van der Waals surface area contributed by atoms with Crippen LogP contribution < -0.4 is 5.32 Å². The molecule has 22 heavy (non-hydrogen) atoms. The van der Waals surface area contributed by atoms with Crippen LogP contribution in [0.15, 0.2) is 35.5 Å². The van der Waals surface area contributed by atoms with Gasteiger partial charge in [-0.15, -0.1) is 10.2 Å². The lowest BCUT2D eigenvalue weighted by Gasteiger charge is -2.15. The maximum atomic E-state index is 12.3. The van der Waals surface area contributed by atoms with E-state index in [0.717, 1.165) is 23.1 Å². The normalized spacial score (nSPS) is 12.1. The predicted octanol–water partition coefficient (Wildman–Crippen LogP) is 2.02. The second kappa shape index (κ2) is 7.95. The molecule has 6 nitrogen and oxygen atoms in total. The summed E-state index contributed by atoms with van der Waals surface area (Å²) >= 11 is 1.53. The average molecular weight is 320 g/mol. The quantitative estimate of drug-likeness (QED) is 0.791. The number of methoxy groups -OCH3 is 1. The number of carbonyl (C=O) groups is 1. The molecule has 1 heterocycles. The first kappa shape index (κ1) is 16.5. The summed E-state index contributed by atoms with van der Waals surface area (Å²) in [6.07, 6.45) is 1.33. The van der Waals surface area contributed by atoms with Gasteiger partial charge in [-0.25, -0.2) is 0 Å². The van der Waals surface area contributed by atoms with Gasteiger partial charge in [-0.1, -0.05) is 42.1 Å². The van der Waals surface area contributed by atoms with E-state index in [2.05, 4.69) is 15.5 Å². The van der Waals surface area contributed by atoms with Gasteiger partial charge in [-0.3, -0.25) is 4.79 Å². The number of aromatic nitrogens is 3. The van der Waals surface area contributed by atoms with Crippen LogP contribution in [0.25, 0.3) is 0 Å². The molecule has 0 aliphatic carbocycles. The summed E-state index contributed by atoms with van der Waals surface area (Å²) in [4.78, 5) is 12.3. The predicted molar refractivity (Wildman–Crippen MR) is 85.5 cm³/mol. The summed E-state index contributed by atoms with van der Waals surface area (Å²) in [7, 11) is 1.53. The van der Waals surface area contributed by atoms with Crippen LogP contribution in [0.4, 0.5) is 0 Å². The van der Waals surface area contributed by atoms with Crippen molar-refractivity contribution in [3.05, 3.63) is 41.7 Å². The topological polar surface area (TPSA) is 69.0 Å². The van der Waals surface area contributed by atoms with Crippen LogP contribution in [0.2, 0.25) is 0 Å². The van der Waals surface area contributed by atoms with Gasteiger partial charge in [0.15, 0.2) is 17.1 Å². The molecule has 1 amide bonds. The molecule has 0 aliphatic rings. The Hall–Kier alpha value is -1.86. The molecule has 0 saturated heterocycles. The lowest BCUT2D eigenvalue weighted by molar-refractivity contribution is -0.131. The number of carbonyl (C=O) groups excluding carboxylic acids is 1. The van der Waals surface area contributed by atoms with Crippen molar-refractivity contribution in [2.45, 2.75) is 31.3 Å². The molecule has 1 aromatic carbocycles. The Morgan fingerprint density at radius 1 is 1.36 bits per heavy atom. The molecule has 0 saturated carbocycles. The van der Waals surface area contributed by atoms with Crippen molar-refractivity contribution in [3.8, 4) is 0 Å². The fraction of sp³-hybridized carbons (Fsp3) is 0.400. The van der Waals surface area contributed by atoms with E-state index >= 15 is 0 Å². The second-order valence-electron chi connectivity index (χ2n) is 4.59. The zero-order valence-electron chi connectivity index (χ0n) is 12.9. The first-order valence-electron chi connectivity index (χ1n) is 7.02. The van der Waals surface area contributed by atoms with Crippen molar-refractivity contribution in [2.75, 3.05) is 13.4 Å². The summed E-state index contributed by atoms with van der Waals surface area (Å²) in [5.41, 5.74) is 0.823. The maximum absolute atomic E-state index is 12.3. The van der Waals surface area contributed by atoms with Gasteiger partial charge in [0.2, 0.25) is 0 Å². The van der Waals surface area contributed by atoms with Gasteiger partial charge < -0.3 is 14.6 Å². The van der Waals surface area contributed by atoms with E-state index in [1.165, 1.54) is 18.9 Å². The van der Waals surface area contributed by atoms with Crippen LogP contribution in [0.5, 0.6) is 0 Å². The van der Waals surface area contributed by atoms with Crippen molar-refractivity contribution < 1.29 is 9.53 Å². The molecule has 0 aliphatic heterocycles. The lowest BCUT2D eigenvalue weighted by atomic mass is 10.1. The highest BCUT2D eigenvalue weighted by Gasteiger charge is 2.20. The van der Waals surface area contributed by atoms with Crippen molar-refractivity contribution in [1.29, 1.82) is 0 Å². The molecule has 118 valence electrons. The van der Waals surface area contributed by atoms with Gasteiger partial charge in [0.05, 0.1) is 6.54 Å². The van der Waals surface area contributed by atoms with Crippen LogP contribution in [0.1, 0.15) is 24.4 Å². The Morgan fingerprint density at radius 2 is 2.09 bits per heavy atom. The van der Waals surface area contributed by atoms with E-state index in [4.69, 9.17) is 4.74 Å². The molecule has 1 N–H and O–H groups in total. The van der Waals surface area contributed by atoms with Gasteiger partial charge in [0.25, 0.3) is 5.91 Å². The molecule has 2 rings (SSSR count). The van der Waals surface area contributed by atoms with Crippen molar-refractivity contribution in [3.63, 3.8) is 0 Å². The number of thioether (sulfide) groups is 1. The highest BCUT2D eigenvalue weighted by molar-refractivity contribution is 7.98. The highest BCUT2D eigenvalue weighted by Crippen LogP contribution is 2.17. The maximum Gasteiger partial charge on any atom is 0.254 e. The second-order valence-corrected chi connectivity index (χ2v) is 5.36. The Morgan fingerprint density at radius 3 is 2.68 bits per heavy atom. The Balaban J connectivity index is 2.04. The Bertz CT molecular complexity index is 615. The monoisotopic (exact) mass is 320 g/mol. The van der Waals surface area contributed by atoms with Crippen LogP contribution in [-0.4, -0.2) is 34.0 Å². The smallest absolute Gasteiger partial charge is 0.254 e. The van der Waals surface area contributed by atoms with Gasteiger partial charge in [-0.05, 0) is 18.7 Å². The summed E-state index contributed by atoms with van der Waals surface area (Å²) < 4.78 is 7.29. The van der Waals surface area contributed by atoms with Gasteiger partial charge in [-0.2, -0.15) is 0 Å². The highest BCUT2D eigenvalue weighted by atomic mass is 32.2. The number of benzene rings is 1. The molecule has 1 atom stereocenters. The van der Waals surface area contributed by atoms with E-state index in [-0.39, 0.29) is 5.91 Å². The summed E-state index contributed by atoms with van der Waals surface area (Å²) in [6.45, 7) is 3.12. The molecule has 0 unspecified atom stereocenters. The molecule has 0 spiro atoms. The van der Waals surface area contributed by atoms with E-state index in [1.807, 2.05) is 48.1 Å². The molecule has 0 radical (unpaired) electrons. The lowest BCUT2D eigenvalue weighted by Crippen LogP contribution is -2.31. The number of amides is 1. The van der Waals surface area contributed by atoms with Crippen LogP contribution in [-0.2, 0) is 22.6 Å². The largest absolute Gasteiger partial charge is 0.367 e. The number of nitrogens with one attached hydrogen (secondary N) is 1. The molecule has 1 aromatic heterocycles. The van der Waals surface area contributed by atoms with E-state index in [0.29, 0.717) is 6.54 Å². The first-order valence-corrected chi connectivity index (χ1v) is 8.25. The minimum atomic E-state index is -0.626. The van der Waals surface area contributed by atoms with Crippen LogP contribution >= 0.6 is 11.8 Å². The number of hydrogen-bond acceptors (Lipinski definition) is 5. The molecule has 0 bridgehead atoms. The molecular weight excluding hydrogens is 300 g/mol. The third kappa shape index (κ3) is 3.66. The standard InChI is InChI=1S/C15H20N4O2S/c1-4-19-12(17-18-15(19)22-3)10-16-14(20)13(21-2)11-8-6-5-7-9-11/h5-9,13H,4,10H2,1-3H3,(H,16,20)/t13-/m1/s1. The van der Waals surface area contributed by atoms with Gasteiger partial charge in [0, 0.05) is 13.7 Å². The number of nitrogens with zero attached hydrogens (tertiary/aromatic N) is 3. The van der Waals surface area contributed by atoms with Crippen LogP contribution in [0.3, 0.4) is 0 Å². The third-order valence-electron chi connectivity index (χ3n) is 3.29. The molecule has 2 aromatic rings. The molecular formula is C15H20N4O2S. The van der Waals surface area contributed by atoms with Gasteiger partial charge in [0.1, 0.15) is 0 Å². The Kier molecular flexibility index (Phi) is 5.97. The molecule has 7 heteroatoms. The third-order valence-corrected chi connectivity index (χ3v) is 3.96. The minimum absolute atomic E-state index is 0.190.